The molecule has 4 aliphatic rings. The monoisotopic (exact) mass is 376 g/mol. The summed E-state index contributed by atoms with van der Waals surface area (Å²) >= 11 is 0. The van der Waals surface area contributed by atoms with Gasteiger partial charge in [0.25, 0.3) is 0 Å². The number of ether oxygens (including phenoxy) is 3. The summed E-state index contributed by atoms with van der Waals surface area (Å²) in [5.74, 6) is -0.329. The van der Waals surface area contributed by atoms with Gasteiger partial charge in [-0.1, -0.05) is 32.8 Å². The Morgan fingerprint density at radius 1 is 1.19 bits per heavy atom. The minimum Gasteiger partial charge on any atom is -0.435 e. The molecule has 6 atom stereocenters. The zero-order chi connectivity index (χ0) is 19.6. The van der Waals surface area contributed by atoms with Gasteiger partial charge in [-0.15, -0.1) is 0 Å². The van der Waals surface area contributed by atoms with Crippen molar-refractivity contribution in [3.63, 3.8) is 0 Å². The van der Waals surface area contributed by atoms with Crippen molar-refractivity contribution in [2.75, 3.05) is 0 Å². The fraction of sp³-hybridized carbons (Fsp3) is 0.818. The average Bonchev–Trinajstić information content (AvgIpc) is 2.93. The Bertz CT molecular complexity index is 693. The van der Waals surface area contributed by atoms with Crippen LogP contribution in [-0.2, 0) is 23.8 Å². The Kier molecular flexibility index (Phi) is 4.45. The zero-order valence-corrected chi connectivity index (χ0v) is 17.2. The van der Waals surface area contributed by atoms with E-state index in [1.807, 2.05) is 0 Å². The van der Waals surface area contributed by atoms with E-state index in [9.17, 15) is 9.59 Å². The van der Waals surface area contributed by atoms with Gasteiger partial charge in [0, 0.05) is 18.4 Å². The Balaban J connectivity index is 1.69. The fourth-order valence-corrected chi connectivity index (χ4v) is 6.64. The summed E-state index contributed by atoms with van der Waals surface area (Å²) in [5, 5.41) is 0. The smallest absolute Gasteiger partial charge is 0.336 e. The van der Waals surface area contributed by atoms with Crippen molar-refractivity contribution in [1.29, 1.82) is 0 Å². The minimum absolute atomic E-state index is 0.000464. The van der Waals surface area contributed by atoms with Gasteiger partial charge in [0.05, 0.1) is 5.92 Å². The summed E-state index contributed by atoms with van der Waals surface area (Å²) in [6, 6.07) is 0. The van der Waals surface area contributed by atoms with Crippen molar-refractivity contribution >= 4 is 11.9 Å². The maximum absolute atomic E-state index is 12.7. The lowest BCUT2D eigenvalue weighted by atomic mass is 9.57. The minimum atomic E-state index is -0.609. The van der Waals surface area contributed by atoms with Crippen molar-refractivity contribution < 1.29 is 23.8 Å². The van der Waals surface area contributed by atoms with Gasteiger partial charge in [-0.25, -0.2) is 4.79 Å². The Hall–Kier alpha value is -1.36. The van der Waals surface area contributed by atoms with E-state index in [-0.39, 0.29) is 29.2 Å². The average molecular weight is 376 g/mol. The van der Waals surface area contributed by atoms with E-state index in [1.54, 1.807) is 0 Å². The van der Waals surface area contributed by atoms with Crippen molar-refractivity contribution in [2.24, 2.45) is 28.6 Å². The third kappa shape index (κ3) is 3.12. The van der Waals surface area contributed by atoms with E-state index in [0.717, 1.165) is 18.4 Å². The van der Waals surface area contributed by atoms with Crippen LogP contribution in [0.25, 0.3) is 0 Å². The number of hydrogen-bond acceptors (Lipinski definition) is 5. The highest BCUT2D eigenvalue weighted by molar-refractivity contribution is 5.92. The van der Waals surface area contributed by atoms with Crippen LogP contribution in [0.2, 0.25) is 0 Å². The molecule has 0 amide bonds. The maximum Gasteiger partial charge on any atom is 0.336 e. The zero-order valence-electron chi connectivity index (χ0n) is 17.2. The first-order chi connectivity index (χ1) is 12.6. The predicted octanol–water partition coefficient (Wildman–Crippen LogP) is 4.35. The first-order valence-electron chi connectivity index (χ1n) is 10.4. The molecule has 0 aromatic heterocycles. The van der Waals surface area contributed by atoms with Gasteiger partial charge < -0.3 is 14.2 Å². The van der Waals surface area contributed by atoms with Crippen LogP contribution in [0.1, 0.15) is 73.1 Å². The lowest BCUT2D eigenvalue weighted by molar-refractivity contribution is -0.208. The van der Waals surface area contributed by atoms with Gasteiger partial charge in [-0.2, -0.15) is 0 Å². The van der Waals surface area contributed by atoms with Crippen LogP contribution in [0.15, 0.2) is 11.1 Å². The molecule has 2 heterocycles. The van der Waals surface area contributed by atoms with Crippen LogP contribution in [0.3, 0.4) is 0 Å². The summed E-state index contributed by atoms with van der Waals surface area (Å²) in [6.45, 7) is 10.7. The molecule has 150 valence electrons. The van der Waals surface area contributed by atoms with E-state index in [2.05, 4.69) is 27.7 Å². The standard InChI is InChI=1S/C22H32O5/c1-12-15(22(5)10-6-9-21(3,4)11-22)8-7-14-17-16(12)18(24)26-20(17)27-19(14)25-13(2)23/h14-15,17,19-20H,6-11H2,1-5H3/t14?,15-,17?,19+,20+,22-/m0/s1. The van der Waals surface area contributed by atoms with Gasteiger partial charge >= 0.3 is 11.9 Å². The molecule has 5 nitrogen and oxygen atoms in total. The summed E-state index contributed by atoms with van der Waals surface area (Å²) in [5.41, 5.74) is 2.50. The number of carbonyl (C=O) groups excluding carboxylic acids is 2. The highest BCUT2D eigenvalue weighted by Gasteiger charge is 2.58. The molecule has 0 spiro atoms. The van der Waals surface area contributed by atoms with Crippen LogP contribution in [-0.4, -0.2) is 24.5 Å². The largest absolute Gasteiger partial charge is 0.435 e. The number of esters is 2. The molecule has 0 bridgehead atoms. The quantitative estimate of drug-likeness (QED) is 0.670. The molecule has 3 fully saturated rings. The second kappa shape index (κ2) is 6.33. The molecule has 2 aliphatic carbocycles. The third-order valence-corrected chi connectivity index (χ3v) is 7.49. The Morgan fingerprint density at radius 2 is 1.93 bits per heavy atom. The summed E-state index contributed by atoms with van der Waals surface area (Å²) in [4.78, 5) is 24.2. The van der Waals surface area contributed by atoms with E-state index in [4.69, 9.17) is 14.2 Å². The fourth-order valence-electron chi connectivity index (χ4n) is 6.64. The normalized spacial score (nSPS) is 43.1. The van der Waals surface area contributed by atoms with E-state index >= 15 is 0 Å². The highest BCUT2D eigenvalue weighted by Crippen LogP contribution is 2.58. The van der Waals surface area contributed by atoms with E-state index < -0.39 is 12.6 Å². The van der Waals surface area contributed by atoms with Crippen LogP contribution >= 0.6 is 0 Å². The van der Waals surface area contributed by atoms with Gasteiger partial charge in [0.15, 0.2) is 0 Å². The molecule has 27 heavy (non-hydrogen) atoms. The molecule has 0 aromatic carbocycles. The molecule has 1 saturated carbocycles. The molecule has 2 saturated heterocycles. The number of allylic oxidation sites excluding steroid dienone is 1. The van der Waals surface area contributed by atoms with Gasteiger partial charge in [-0.3, -0.25) is 4.79 Å². The molecule has 2 unspecified atom stereocenters. The van der Waals surface area contributed by atoms with Crippen LogP contribution in [0.5, 0.6) is 0 Å². The lowest BCUT2D eigenvalue weighted by Gasteiger charge is -2.48. The van der Waals surface area contributed by atoms with Crippen molar-refractivity contribution in [2.45, 2.75) is 85.7 Å². The first kappa shape index (κ1) is 19.0. The second-order valence-corrected chi connectivity index (χ2v) is 10.2. The summed E-state index contributed by atoms with van der Waals surface area (Å²) in [7, 11) is 0. The Morgan fingerprint density at radius 3 is 2.59 bits per heavy atom. The highest BCUT2D eigenvalue weighted by atomic mass is 16.8. The maximum atomic E-state index is 12.7. The predicted molar refractivity (Wildman–Crippen MR) is 99.3 cm³/mol. The van der Waals surface area contributed by atoms with Gasteiger partial charge in [-0.05, 0) is 55.8 Å². The number of carbonyl (C=O) groups is 2. The molecule has 5 heteroatoms. The Labute approximate surface area is 161 Å². The van der Waals surface area contributed by atoms with Gasteiger partial charge in [0.2, 0.25) is 12.6 Å². The molecular formula is C22H32O5. The summed E-state index contributed by atoms with van der Waals surface area (Å²) in [6.07, 6.45) is 5.55. The molecule has 4 rings (SSSR count). The van der Waals surface area contributed by atoms with Crippen molar-refractivity contribution in [3.05, 3.63) is 11.1 Å². The number of rotatable bonds is 2. The number of hydrogen-bond donors (Lipinski definition) is 0. The molecule has 2 aliphatic heterocycles. The lowest BCUT2D eigenvalue weighted by Crippen LogP contribution is -2.37. The third-order valence-electron chi connectivity index (χ3n) is 7.49. The molecule has 0 N–H and O–H groups in total. The van der Waals surface area contributed by atoms with E-state index in [1.165, 1.54) is 38.2 Å². The second-order valence-electron chi connectivity index (χ2n) is 10.2. The van der Waals surface area contributed by atoms with Crippen molar-refractivity contribution in [3.8, 4) is 0 Å². The van der Waals surface area contributed by atoms with Crippen LogP contribution in [0, 0.1) is 28.6 Å². The summed E-state index contributed by atoms with van der Waals surface area (Å²) < 4.78 is 16.8. The van der Waals surface area contributed by atoms with Crippen molar-refractivity contribution in [1.82, 2.24) is 0 Å². The topological polar surface area (TPSA) is 61.8 Å². The molecule has 0 radical (unpaired) electrons. The van der Waals surface area contributed by atoms with Gasteiger partial charge in [0.1, 0.15) is 0 Å². The molecular weight excluding hydrogens is 344 g/mol. The first-order valence-corrected chi connectivity index (χ1v) is 10.4. The SMILES string of the molecule is CC(=O)O[C@@H]1O[C@H]2OC(=O)C3=C(C)[C@@H]([C@@]4(C)CCCC(C)(C)C4)CCC1C32. The molecule has 0 aromatic rings. The van der Waals surface area contributed by atoms with E-state index in [0.29, 0.717) is 11.3 Å². The van der Waals surface area contributed by atoms with Crippen LogP contribution in [0.4, 0.5) is 0 Å². The van der Waals surface area contributed by atoms with Crippen LogP contribution < -0.4 is 0 Å².